The number of hydrogen-bond acceptors (Lipinski definition) is 4. The summed E-state index contributed by atoms with van der Waals surface area (Å²) in [5, 5.41) is 9.15. The van der Waals surface area contributed by atoms with Crippen LogP contribution in [0.15, 0.2) is 12.7 Å². The van der Waals surface area contributed by atoms with Crippen LogP contribution in [0.5, 0.6) is 0 Å². The second-order valence-corrected chi connectivity index (χ2v) is 4.74. The fourth-order valence-corrected chi connectivity index (χ4v) is 1.62. The van der Waals surface area contributed by atoms with Crippen LogP contribution >= 0.6 is 0 Å². The van der Waals surface area contributed by atoms with Gasteiger partial charge >= 0.3 is 0 Å². The molecule has 0 aromatic carbocycles. The molecule has 0 bridgehead atoms. The summed E-state index contributed by atoms with van der Waals surface area (Å²) in [6, 6.07) is 0. The molecular formula is C7H16N2O3S. The van der Waals surface area contributed by atoms with Gasteiger partial charge in [-0.25, -0.2) is 8.42 Å². The van der Waals surface area contributed by atoms with Crippen LogP contribution < -0.4 is 5.73 Å². The van der Waals surface area contributed by atoms with Crippen molar-refractivity contribution < 1.29 is 13.5 Å². The molecule has 0 aromatic heterocycles. The zero-order chi connectivity index (χ0) is 10.5. The van der Waals surface area contributed by atoms with Crippen molar-refractivity contribution in [1.29, 1.82) is 0 Å². The Morgan fingerprint density at radius 3 is 2.54 bits per heavy atom. The summed E-state index contributed by atoms with van der Waals surface area (Å²) in [7, 11) is -3.29. The molecule has 0 aromatic rings. The third-order valence-corrected chi connectivity index (χ3v) is 2.72. The Bertz CT molecular complexity index is 250. The van der Waals surface area contributed by atoms with Gasteiger partial charge in [-0.1, -0.05) is 6.08 Å². The van der Waals surface area contributed by atoms with Crippen molar-refractivity contribution in [3.05, 3.63) is 12.7 Å². The summed E-state index contributed by atoms with van der Waals surface area (Å²) >= 11 is 0. The number of aliphatic hydroxyl groups is 1. The molecule has 3 N–H and O–H groups in total. The monoisotopic (exact) mass is 208 g/mol. The molecule has 0 rings (SSSR count). The topological polar surface area (TPSA) is 83.6 Å². The van der Waals surface area contributed by atoms with Gasteiger partial charge in [-0.2, -0.15) is 4.31 Å². The molecule has 0 saturated heterocycles. The molecule has 0 spiro atoms. The maximum Gasteiger partial charge on any atom is 0.211 e. The molecule has 0 aliphatic carbocycles. The Labute approximate surface area is 78.9 Å². The third-order valence-electron chi connectivity index (χ3n) is 1.49. The van der Waals surface area contributed by atoms with Gasteiger partial charge in [0.25, 0.3) is 0 Å². The normalized spacial score (nSPS) is 14.5. The van der Waals surface area contributed by atoms with Gasteiger partial charge in [0.2, 0.25) is 10.0 Å². The van der Waals surface area contributed by atoms with Crippen molar-refractivity contribution >= 4 is 10.0 Å². The quantitative estimate of drug-likeness (QED) is 0.534. The van der Waals surface area contributed by atoms with Crippen LogP contribution in [0.1, 0.15) is 0 Å². The molecular weight excluding hydrogens is 192 g/mol. The second kappa shape index (κ2) is 5.33. The second-order valence-electron chi connectivity index (χ2n) is 2.76. The van der Waals surface area contributed by atoms with Crippen molar-refractivity contribution in [2.24, 2.45) is 5.73 Å². The average molecular weight is 208 g/mol. The van der Waals surface area contributed by atoms with Crippen molar-refractivity contribution in [3.63, 3.8) is 0 Å². The molecule has 0 aliphatic heterocycles. The van der Waals surface area contributed by atoms with E-state index in [0.29, 0.717) is 0 Å². The van der Waals surface area contributed by atoms with Crippen LogP contribution in [-0.2, 0) is 10.0 Å². The molecule has 0 aliphatic rings. The molecule has 13 heavy (non-hydrogen) atoms. The zero-order valence-electron chi connectivity index (χ0n) is 7.68. The molecule has 0 heterocycles. The largest absolute Gasteiger partial charge is 0.390 e. The van der Waals surface area contributed by atoms with Crippen LogP contribution in [0.4, 0.5) is 0 Å². The Hall–Kier alpha value is -0.430. The van der Waals surface area contributed by atoms with Gasteiger partial charge < -0.3 is 10.8 Å². The van der Waals surface area contributed by atoms with Gasteiger partial charge in [0.05, 0.1) is 12.4 Å². The van der Waals surface area contributed by atoms with E-state index >= 15 is 0 Å². The summed E-state index contributed by atoms with van der Waals surface area (Å²) in [5.41, 5.74) is 5.16. The molecule has 0 fully saturated rings. The third kappa shape index (κ3) is 4.99. The predicted molar refractivity (Wildman–Crippen MR) is 51.7 cm³/mol. The lowest BCUT2D eigenvalue weighted by Gasteiger charge is -2.20. The predicted octanol–water partition coefficient (Wildman–Crippen LogP) is -1.25. The minimum atomic E-state index is -3.29. The Kier molecular flexibility index (Phi) is 5.16. The maximum absolute atomic E-state index is 11.1. The van der Waals surface area contributed by atoms with Gasteiger partial charge in [0.1, 0.15) is 0 Å². The van der Waals surface area contributed by atoms with E-state index in [9.17, 15) is 8.42 Å². The van der Waals surface area contributed by atoms with E-state index in [4.69, 9.17) is 10.8 Å². The van der Waals surface area contributed by atoms with E-state index in [1.807, 2.05) is 0 Å². The van der Waals surface area contributed by atoms with Crippen LogP contribution in [0.3, 0.4) is 0 Å². The van der Waals surface area contributed by atoms with E-state index in [2.05, 4.69) is 6.58 Å². The molecule has 0 amide bonds. The highest BCUT2D eigenvalue weighted by Gasteiger charge is 2.17. The van der Waals surface area contributed by atoms with Gasteiger partial charge in [0, 0.05) is 19.6 Å². The van der Waals surface area contributed by atoms with E-state index in [-0.39, 0.29) is 19.6 Å². The maximum atomic E-state index is 11.1. The molecule has 1 unspecified atom stereocenters. The Morgan fingerprint density at radius 2 is 2.23 bits per heavy atom. The molecule has 5 nitrogen and oxygen atoms in total. The van der Waals surface area contributed by atoms with Crippen molar-refractivity contribution in [1.82, 2.24) is 4.31 Å². The molecule has 78 valence electrons. The number of nitrogens with two attached hydrogens (primary N) is 1. The number of sulfonamides is 1. The molecule has 0 radical (unpaired) electrons. The van der Waals surface area contributed by atoms with E-state index in [1.54, 1.807) is 0 Å². The highest BCUT2D eigenvalue weighted by atomic mass is 32.2. The minimum Gasteiger partial charge on any atom is -0.390 e. The SMILES string of the molecule is C=CCN(CC(O)CN)S(C)(=O)=O. The van der Waals surface area contributed by atoms with Crippen molar-refractivity contribution in [2.75, 3.05) is 25.9 Å². The van der Waals surface area contributed by atoms with Crippen molar-refractivity contribution in [3.8, 4) is 0 Å². The Morgan fingerprint density at radius 1 is 1.69 bits per heavy atom. The molecule has 6 heteroatoms. The smallest absolute Gasteiger partial charge is 0.211 e. The lowest BCUT2D eigenvalue weighted by atomic mass is 10.3. The standard InChI is InChI=1S/C7H16N2O3S/c1-3-4-9(13(2,11)12)6-7(10)5-8/h3,7,10H,1,4-6,8H2,2H3. The number of rotatable bonds is 6. The first-order valence-corrected chi connectivity index (χ1v) is 5.70. The zero-order valence-corrected chi connectivity index (χ0v) is 8.50. The van der Waals surface area contributed by atoms with Gasteiger partial charge in [0.15, 0.2) is 0 Å². The van der Waals surface area contributed by atoms with Crippen LogP contribution in [0.25, 0.3) is 0 Å². The first-order valence-electron chi connectivity index (χ1n) is 3.86. The van der Waals surface area contributed by atoms with Crippen LogP contribution in [0.2, 0.25) is 0 Å². The summed E-state index contributed by atoms with van der Waals surface area (Å²) in [5.74, 6) is 0. The molecule has 1 atom stereocenters. The summed E-state index contributed by atoms with van der Waals surface area (Å²) in [4.78, 5) is 0. The van der Waals surface area contributed by atoms with E-state index < -0.39 is 16.1 Å². The van der Waals surface area contributed by atoms with Crippen molar-refractivity contribution in [2.45, 2.75) is 6.10 Å². The highest BCUT2D eigenvalue weighted by molar-refractivity contribution is 7.88. The van der Waals surface area contributed by atoms with Crippen LogP contribution in [-0.4, -0.2) is 49.8 Å². The summed E-state index contributed by atoms with van der Waals surface area (Å²) in [6.07, 6.45) is 1.72. The first-order chi connectivity index (χ1) is 5.91. The van der Waals surface area contributed by atoms with E-state index in [0.717, 1.165) is 10.6 Å². The minimum absolute atomic E-state index is 0.0152. The fraction of sp³-hybridized carbons (Fsp3) is 0.714. The number of aliphatic hydroxyl groups excluding tert-OH is 1. The van der Waals surface area contributed by atoms with E-state index in [1.165, 1.54) is 6.08 Å². The average Bonchev–Trinajstić information content (AvgIpc) is 2.01. The summed E-state index contributed by atoms with van der Waals surface area (Å²) in [6.45, 7) is 3.68. The number of hydrogen-bond donors (Lipinski definition) is 2. The van der Waals surface area contributed by atoms with Crippen LogP contribution in [0, 0.1) is 0 Å². The lowest BCUT2D eigenvalue weighted by Crippen LogP contribution is -2.39. The Balaban J connectivity index is 4.35. The lowest BCUT2D eigenvalue weighted by molar-refractivity contribution is 0.157. The van der Waals surface area contributed by atoms with Gasteiger partial charge in [-0.05, 0) is 0 Å². The van der Waals surface area contributed by atoms with Gasteiger partial charge in [-0.15, -0.1) is 6.58 Å². The number of nitrogens with zero attached hydrogens (tertiary/aromatic N) is 1. The molecule has 0 saturated carbocycles. The summed E-state index contributed by atoms with van der Waals surface area (Å²) < 4.78 is 23.3. The highest BCUT2D eigenvalue weighted by Crippen LogP contribution is 1.99. The fourth-order valence-electron chi connectivity index (χ4n) is 0.799. The first kappa shape index (κ1) is 12.6. The van der Waals surface area contributed by atoms with Gasteiger partial charge in [-0.3, -0.25) is 0 Å².